The van der Waals surface area contributed by atoms with E-state index in [-0.39, 0.29) is 32.8 Å². The first-order valence-electron chi connectivity index (χ1n) is 33.6. The summed E-state index contributed by atoms with van der Waals surface area (Å²) in [5.74, 6) is 0. The van der Waals surface area contributed by atoms with E-state index in [4.69, 9.17) is 9.97 Å². The number of imidazole rings is 2. The van der Waals surface area contributed by atoms with E-state index in [1.807, 2.05) is 42.5 Å². The van der Waals surface area contributed by atoms with E-state index in [1.165, 1.54) is 141 Å². The van der Waals surface area contributed by atoms with Crippen molar-refractivity contribution in [1.82, 2.24) is 23.1 Å². The van der Waals surface area contributed by atoms with E-state index in [2.05, 4.69) is 20.8 Å². The van der Waals surface area contributed by atoms with Gasteiger partial charge < -0.3 is 0 Å². The Morgan fingerprint density at radius 3 is 1.11 bits per heavy atom. The van der Waals surface area contributed by atoms with Crippen molar-refractivity contribution in [3.63, 3.8) is 0 Å². The van der Waals surface area contributed by atoms with Gasteiger partial charge in [-0.1, -0.05) is 218 Å². The summed E-state index contributed by atoms with van der Waals surface area (Å²) in [6.07, 6.45) is 34.8. The van der Waals surface area contributed by atoms with Crippen molar-refractivity contribution in [2.24, 2.45) is 0 Å². The highest BCUT2D eigenvalue weighted by Crippen LogP contribution is 2.47. The Morgan fingerprint density at radius 2 is 0.727 bits per heavy atom. The van der Waals surface area contributed by atoms with Gasteiger partial charge in [0.1, 0.15) is 11.3 Å². The van der Waals surface area contributed by atoms with Gasteiger partial charge in [0.15, 0.2) is 11.0 Å². The van der Waals surface area contributed by atoms with E-state index >= 15 is 4.79 Å². The molecule has 0 aliphatic heterocycles. The van der Waals surface area contributed by atoms with Crippen LogP contribution in [0.25, 0.3) is 98.0 Å². The molecule has 0 fully saturated rings. The SMILES string of the molecule is CCCCCCCCCCCCc1cc([N+](=O)[O-])c2c(c1)nc1c3ccc4c5ccc6c(=O)n7c(nc8cc(S(=O)(=O)N(CCCCCCCCCCCC)CCCCCCCCCCCC)cc([N+](=O)[O-])c87)c7ccc(c8ccc(c(=O)n12)c3c48)c5c67. The third-order valence-electron chi connectivity index (χ3n) is 19.1. The maximum Gasteiger partial charge on any atom is 0.296 e. The second kappa shape index (κ2) is 28.1. The van der Waals surface area contributed by atoms with Crippen LogP contribution >= 0.6 is 0 Å². The monoisotopic (exact) mass is 1210 g/mol. The molecule has 0 radical (unpaired) electrons. The lowest BCUT2D eigenvalue weighted by Crippen LogP contribution is -2.33. The van der Waals surface area contributed by atoms with Crippen molar-refractivity contribution in [3.05, 3.63) is 119 Å². The molecule has 11 rings (SSSR count). The summed E-state index contributed by atoms with van der Waals surface area (Å²) in [6.45, 7) is 7.29. The molecule has 0 bridgehead atoms. The minimum atomic E-state index is -4.24. The Labute approximate surface area is 515 Å². The van der Waals surface area contributed by atoms with Gasteiger partial charge in [0.25, 0.3) is 22.5 Å². The number of unbranched alkanes of at least 4 members (excludes halogenated alkanes) is 27. The lowest BCUT2D eigenvalue weighted by atomic mass is 9.86. The molecule has 0 atom stereocenters. The van der Waals surface area contributed by atoms with Gasteiger partial charge in [-0.25, -0.2) is 18.4 Å². The highest BCUT2D eigenvalue weighted by atomic mass is 32.2. The van der Waals surface area contributed by atoms with Crippen LogP contribution in [-0.4, -0.2) is 54.4 Å². The number of nitro benzene ring substituents is 2. The number of aromatic nitrogens is 4. The zero-order chi connectivity index (χ0) is 61.5. The largest absolute Gasteiger partial charge is 0.296 e. The lowest BCUT2D eigenvalue weighted by Gasteiger charge is -2.22. The van der Waals surface area contributed by atoms with Gasteiger partial charge in [0.2, 0.25) is 10.0 Å². The molecule has 0 amide bonds. The van der Waals surface area contributed by atoms with Crippen LogP contribution in [0.5, 0.6) is 0 Å². The van der Waals surface area contributed by atoms with E-state index in [0.717, 1.165) is 102 Å². The van der Waals surface area contributed by atoms with E-state index in [1.54, 1.807) is 18.2 Å². The molecule has 4 heterocycles. The van der Waals surface area contributed by atoms with Gasteiger partial charge in [0, 0.05) is 57.5 Å². The molecule has 11 aromatic rings. The Balaban J connectivity index is 0.935. The Bertz CT molecular complexity index is 4490. The van der Waals surface area contributed by atoms with Gasteiger partial charge in [-0.15, -0.1) is 0 Å². The Hall–Kier alpha value is -7.17. The van der Waals surface area contributed by atoms with E-state index in [0.29, 0.717) is 75.8 Å². The molecular weight excluding hydrogens is 1120 g/mol. The fourth-order valence-electron chi connectivity index (χ4n) is 14.5. The minimum Gasteiger partial charge on any atom is -0.268 e. The number of benzene rings is 7. The molecule has 16 heteroatoms. The van der Waals surface area contributed by atoms with Gasteiger partial charge in [-0.2, -0.15) is 4.31 Å². The number of non-ortho nitro benzene ring substituents is 2. The molecule has 15 nitrogen and oxygen atoms in total. The Morgan fingerprint density at radius 1 is 0.409 bits per heavy atom. The first kappa shape index (κ1) is 62.4. The molecular formula is C72H87N7O8S. The summed E-state index contributed by atoms with van der Waals surface area (Å²) in [4.78, 5) is 64.8. The minimum absolute atomic E-state index is 0.0438. The summed E-state index contributed by atoms with van der Waals surface area (Å²) in [7, 11) is -4.24. The Kier molecular flexibility index (Phi) is 19.9. The number of nitro groups is 2. The number of hydrogen-bond donors (Lipinski definition) is 0. The lowest BCUT2D eigenvalue weighted by molar-refractivity contribution is -0.383. The average Bonchev–Trinajstić information content (AvgIpc) is 1.22. The van der Waals surface area contributed by atoms with E-state index in [9.17, 15) is 33.4 Å². The zero-order valence-electron chi connectivity index (χ0n) is 52.1. The summed E-state index contributed by atoms with van der Waals surface area (Å²) >= 11 is 0. The number of nitrogens with zero attached hydrogens (tertiary/aromatic N) is 7. The number of hydrogen-bond acceptors (Lipinski definition) is 10. The van der Waals surface area contributed by atoms with Crippen LogP contribution in [0.4, 0.5) is 11.4 Å². The third-order valence-corrected chi connectivity index (χ3v) is 21.0. The van der Waals surface area contributed by atoms with Crippen LogP contribution in [0.15, 0.2) is 87.3 Å². The van der Waals surface area contributed by atoms with Crippen LogP contribution in [0.3, 0.4) is 0 Å². The number of aryl methyl sites for hydroxylation is 1. The normalized spacial score (nSPS) is 12.6. The summed E-state index contributed by atoms with van der Waals surface area (Å²) in [5, 5.41) is 34.2. The first-order chi connectivity index (χ1) is 42.9. The third kappa shape index (κ3) is 12.3. The van der Waals surface area contributed by atoms with Gasteiger partial charge in [0.05, 0.1) is 25.8 Å². The van der Waals surface area contributed by atoms with Crippen molar-refractivity contribution >= 4 is 119 Å². The van der Waals surface area contributed by atoms with E-state index < -0.39 is 36.7 Å². The molecule has 4 aromatic heterocycles. The molecule has 0 unspecified atom stereocenters. The maximum absolute atomic E-state index is 15.1. The predicted octanol–water partition coefficient (Wildman–Crippen LogP) is 19.4. The number of pyridine rings is 2. The summed E-state index contributed by atoms with van der Waals surface area (Å²) < 4.78 is 34.1. The molecule has 464 valence electrons. The number of fused-ring (bicyclic) bond motifs is 10. The average molecular weight is 1210 g/mol. The molecule has 88 heavy (non-hydrogen) atoms. The predicted molar refractivity (Wildman–Crippen MR) is 361 cm³/mol. The highest BCUT2D eigenvalue weighted by molar-refractivity contribution is 7.89. The fraction of sp³-hybridized carbons (Fsp3) is 0.500. The molecule has 0 N–H and O–H groups in total. The van der Waals surface area contributed by atoms with Crippen molar-refractivity contribution in [2.75, 3.05) is 13.1 Å². The van der Waals surface area contributed by atoms with Gasteiger partial charge in [-0.05, 0) is 100.0 Å². The number of rotatable bonds is 37. The van der Waals surface area contributed by atoms with Gasteiger partial charge >= 0.3 is 0 Å². The van der Waals surface area contributed by atoms with Gasteiger partial charge in [-0.3, -0.25) is 38.6 Å². The van der Waals surface area contributed by atoms with Crippen LogP contribution in [0.1, 0.15) is 219 Å². The second-order valence-corrected chi connectivity index (χ2v) is 27.2. The molecule has 7 aromatic carbocycles. The smallest absolute Gasteiger partial charge is 0.268 e. The quantitative estimate of drug-likeness (QED) is 0.0119. The fourth-order valence-corrected chi connectivity index (χ4v) is 16.0. The van der Waals surface area contributed by atoms with Crippen LogP contribution in [0, 0.1) is 20.2 Å². The molecule has 0 aliphatic rings. The summed E-state index contributed by atoms with van der Waals surface area (Å²) in [6, 6.07) is 21.1. The molecule has 0 saturated heterocycles. The highest BCUT2D eigenvalue weighted by Gasteiger charge is 2.32. The topological polar surface area (TPSA) is 192 Å². The van der Waals surface area contributed by atoms with Crippen LogP contribution in [-0.2, 0) is 16.4 Å². The van der Waals surface area contributed by atoms with Crippen LogP contribution < -0.4 is 11.1 Å². The molecule has 0 spiro atoms. The standard InChI is InChI=1S/C72H87N7O8S/c1-4-7-10-13-16-19-22-25-28-31-34-49-45-59-67(61(46-49)78(82)83)76-69(73-59)55-39-35-51-54-38-42-58-66-56(40-36-52(64(54)66)53-37-41-57(71(76)80)65(55)63(51)53)70-74-60-47-50(48-62(79(84)85)68(60)77(70)72(58)81)88(86,87)75(43-32-29-26-23-20-17-14-11-8-5-2)44-33-30-27-24-21-18-15-12-9-6-3/h35-42,45-48H,4-34,43-44H2,1-3H3. The summed E-state index contributed by atoms with van der Waals surface area (Å²) in [5.41, 5.74) is 0.348. The van der Waals surface area contributed by atoms with Crippen molar-refractivity contribution in [1.29, 1.82) is 0 Å². The molecule has 0 saturated carbocycles. The number of sulfonamides is 1. The zero-order valence-corrected chi connectivity index (χ0v) is 52.9. The van der Waals surface area contributed by atoms with Crippen molar-refractivity contribution in [3.8, 4) is 0 Å². The second-order valence-electron chi connectivity index (χ2n) is 25.3. The maximum atomic E-state index is 15.1. The van der Waals surface area contributed by atoms with Crippen LogP contribution in [0.2, 0.25) is 0 Å². The van der Waals surface area contributed by atoms with Crippen molar-refractivity contribution in [2.45, 2.75) is 225 Å². The first-order valence-corrected chi connectivity index (χ1v) is 35.0. The molecule has 0 aliphatic carbocycles. The van der Waals surface area contributed by atoms with Crippen molar-refractivity contribution < 1.29 is 18.3 Å².